The average molecular weight is 538 g/mol. The molecular formula is C31H40FN3O2S. The summed E-state index contributed by atoms with van der Waals surface area (Å²) in [4.78, 5) is 5.28. The van der Waals surface area contributed by atoms with Crippen molar-refractivity contribution in [2.75, 3.05) is 0 Å². The molecule has 0 amide bonds. The molecule has 2 aromatic carbocycles. The maximum absolute atomic E-state index is 14.0. The van der Waals surface area contributed by atoms with Gasteiger partial charge in [0, 0.05) is 28.8 Å². The predicted molar refractivity (Wildman–Crippen MR) is 154 cm³/mol. The van der Waals surface area contributed by atoms with E-state index < -0.39 is 10.0 Å². The van der Waals surface area contributed by atoms with E-state index in [4.69, 9.17) is 10.7 Å². The van der Waals surface area contributed by atoms with Crippen LogP contribution in [0, 0.1) is 11.7 Å². The van der Waals surface area contributed by atoms with E-state index in [1.165, 1.54) is 36.8 Å². The number of halogens is 1. The highest BCUT2D eigenvalue weighted by Crippen LogP contribution is 2.32. The Labute approximate surface area is 227 Å². The normalized spacial score (nSPS) is 22.9. The van der Waals surface area contributed by atoms with Crippen LogP contribution in [-0.2, 0) is 16.4 Å². The summed E-state index contributed by atoms with van der Waals surface area (Å²) in [5.41, 5.74) is 10.8. The molecular weight excluding hydrogens is 497 g/mol. The van der Waals surface area contributed by atoms with Gasteiger partial charge in [-0.15, -0.1) is 0 Å². The number of nitrogens with zero attached hydrogens (tertiary/aromatic N) is 1. The number of rotatable bonds is 8. The van der Waals surface area contributed by atoms with Crippen LogP contribution in [0.25, 0.3) is 0 Å². The van der Waals surface area contributed by atoms with Crippen LogP contribution in [0.15, 0.2) is 82.3 Å². The van der Waals surface area contributed by atoms with Gasteiger partial charge in [0.25, 0.3) is 0 Å². The minimum absolute atomic E-state index is 0.121. The predicted octanol–water partition coefficient (Wildman–Crippen LogP) is 6.74. The van der Waals surface area contributed by atoms with E-state index in [0.29, 0.717) is 12.1 Å². The van der Waals surface area contributed by atoms with Crippen LogP contribution >= 0.6 is 0 Å². The number of nitrogens with one attached hydrogen (secondary N) is 1. The fourth-order valence-electron chi connectivity index (χ4n) is 5.59. The Morgan fingerprint density at radius 3 is 2.53 bits per heavy atom. The van der Waals surface area contributed by atoms with Crippen molar-refractivity contribution in [2.45, 2.75) is 83.2 Å². The van der Waals surface area contributed by atoms with Crippen LogP contribution in [0.1, 0.15) is 81.9 Å². The summed E-state index contributed by atoms with van der Waals surface area (Å²) in [6.07, 6.45) is 11.6. The lowest BCUT2D eigenvalue weighted by Crippen LogP contribution is -2.25. The maximum atomic E-state index is 14.0. The Morgan fingerprint density at radius 2 is 1.79 bits per heavy atom. The summed E-state index contributed by atoms with van der Waals surface area (Å²) >= 11 is 0. The van der Waals surface area contributed by atoms with E-state index in [1.807, 2.05) is 43.3 Å². The zero-order valence-corrected chi connectivity index (χ0v) is 23.1. The second-order valence-corrected chi connectivity index (χ2v) is 12.2. The zero-order valence-electron chi connectivity index (χ0n) is 22.3. The third-order valence-electron chi connectivity index (χ3n) is 7.61. The number of hydrogen-bond acceptors (Lipinski definition) is 4. The van der Waals surface area contributed by atoms with Gasteiger partial charge >= 0.3 is 0 Å². The van der Waals surface area contributed by atoms with Gasteiger partial charge in [-0.05, 0) is 80.4 Å². The number of nitrogens with two attached hydrogens (primary N) is 1. The second-order valence-electron chi connectivity index (χ2n) is 10.6. The molecule has 0 aliphatic heterocycles. The average Bonchev–Trinajstić information content (AvgIpc) is 3.10. The highest BCUT2D eigenvalue weighted by Gasteiger charge is 2.27. The third kappa shape index (κ3) is 8.11. The molecule has 5 nitrogen and oxygen atoms in total. The van der Waals surface area contributed by atoms with E-state index in [9.17, 15) is 12.8 Å². The first-order valence-electron chi connectivity index (χ1n) is 13.9. The molecule has 2 aromatic rings. The minimum atomic E-state index is -3.71. The topological polar surface area (TPSA) is 84.5 Å². The lowest BCUT2D eigenvalue weighted by Gasteiger charge is -2.25. The molecule has 1 unspecified atom stereocenters. The van der Waals surface area contributed by atoms with E-state index in [1.54, 1.807) is 12.1 Å². The Balaban J connectivity index is 1.62. The molecule has 2 aliphatic rings. The summed E-state index contributed by atoms with van der Waals surface area (Å²) in [5.74, 6) is -0.112. The Kier molecular flexibility index (Phi) is 9.91. The van der Waals surface area contributed by atoms with Crippen molar-refractivity contribution in [3.63, 3.8) is 0 Å². The van der Waals surface area contributed by atoms with Gasteiger partial charge in [0.2, 0.25) is 10.0 Å². The second kappa shape index (κ2) is 13.3. The van der Waals surface area contributed by atoms with Gasteiger partial charge in [-0.2, -0.15) is 0 Å². The molecule has 2 saturated carbocycles. The Bertz CT molecular complexity index is 1270. The highest BCUT2D eigenvalue weighted by molar-refractivity contribution is 7.92. The van der Waals surface area contributed by atoms with Crippen LogP contribution in [0.4, 0.5) is 4.39 Å². The number of sulfonamides is 1. The molecule has 4 rings (SSSR count). The van der Waals surface area contributed by atoms with Crippen LogP contribution in [0.2, 0.25) is 0 Å². The van der Waals surface area contributed by atoms with Crippen molar-refractivity contribution >= 4 is 15.7 Å². The van der Waals surface area contributed by atoms with Crippen molar-refractivity contribution in [1.29, 1.82) is 0 Å². The van der Waals surface area contributed by atoms with E-state index in [-0.39, 0.29) is 23.8 Å². The van der Waals surface area contributed by atoms with Gasteiger partial charge in [0.1, 0.15) is 5.82 Å². The summed E-state index contributed by atoms with van der Waals surface area (Å²) in [7, 11) is -3.71. The smallest absolute Gasteiger partial charge is 0.234 e. The van der Waals surface area contributed by atoms with Gasteiger partial charge < -0.3 is 5.73 Å². The lowest BCUT2D eigenvalue weighted by atomic mass is 9.87. The number of benzene rings is 2. The van der Waals surface area contributed by atoms with Crippen LogP contribution in [0.5, 0.6) is 0 Å². The molecule has 0 spiro atoms. The maximum Gasteiger partial charge on any atom is 0.234 e. The summed E-state index contributed by atoms with van der Waals surface area (Å²) in [6, 6.07) is 16.1. The molecule has 0 aromatic heterocycles. The standard InChI is InChI=1S/C31H40FN3O2S/c1-23(25-12-4-2-5-13-25)35-38(36,37)20-19-30(33)29-18-9-8-14-26(21-24-11-10-15-27(32)22-24)31(29)34-28-16-6-3-7-17-28/h2,4-5,10-13,15,19-20,22-23,26,28,35H,3,6-9,14,16-18,21,33H2,1H3/b20-19+,30-29-,34-31?/t23-,26?/m0/s1. The fourth-order valence-corrected chi connectivity index (χ4v) is 6.63. The van der Waals surface area contributed by atoms with Gasteiger partial charge in [-0.25, -0.2) is 17.5 Å². The summed E-state index contributed by atoms with van der Waals surface area (Å²) in [6.45, 7) is 1.82. The van der Waals surface area contributed by atoms with Crippen molar-refractivity contribution < 1.29 is 12.8 Å². The van der Waals surface area contributed by atoms with Crippen molar-refractivity contribution in [2.24, 2.45) is 16.6 Å². The zero-order chi connectivity index (χ0) is 27.0. The summed E-state index contributed by atoms with van der Waals surface area (Å²) < 4.78 is 42.4. The van der Waals surface area contributed by atoms with E-state index >= 15 is 0 Å². The number of hydrogen-bond donors (Lipinski definition) is 2. The van der Waals surface area contributed by atoms with Gasteiger partial charge in [0.05, 0.1) is 6.04 Å². The lowest BCUT2D eigenvalue weighted by molar-refractivity contribution is 0.440. The minimum Gasteiger partial charge on any atom is -0.398 e. The Hall–Kier alpha value is -2.77. The molecule has 3 N–H and O–H groups in total. The molecule has 2 atom stereocenters. The first kappa shape index (κ1) is 28.2. The van der Waals surface area contributed by atoms with E-state index in [0.717, 1.165) is 60.9 Å². The molecule has 0 radical (unpaired) electrons. The monoisotopic (exact) mass is 537 g/mol. The molecule has 38 heavy (non-hydrogen) atoms. The molecule has 204 valence electrons. The van der Waals surface area contributed by atoms with Crippen molar-refractivity contribution in [1.82, 2.24) is 4.72 Å². The number of allylic oxidation sites excluding steroid dienone is 2. The molecule has 0 bridgehead atoms. The first-order valence-corrected chi connectivity index (χ1v) is 15.4. The molecule has 2 fully saturated rings. The van der Waals surface area contributed by atoms with E-state index in [2.05, 4.69) is 4.72 Å². The molecule has 0 saturated heterocycles. The Morgan fingerprint density at radius 1 is 1.05 bits per heavy atom. The van der Waals surface area contributed by atoms with Gasteiger partial charge in [0.15, 0.2) is 0 Å². The molecule has 7 heteroatoms. The quantitative estimate of drug-likeness (QED) is 0.366. The van der Waals surface area contributed by atoms with Crippen molar-refractivity contribution in [3.8, 4) is 0 Å². The fraction of sp³-hybridized carbons (Fsp3) is 0.452. The van der Waals surface area contributed by atoms with Crippen molar-refractivity contribution in [3.05, 3.63) is 94.3 Å². The third-order valence-corrected chi connectivity index (χ3v) is 8.79. The summed E-state index contributed by atoms with van der Waals surface area (Å²) in [5, 5.41) is 1.17. The van der Waals surface area contributed by atoms with Crippen LogP contribution < -0.4 is 10.5 Å². The highest BCUT2D eigenvalue weighted by atomic mass is 32.2. The first-order chi connectivity index (χ1) is 18.3. The molecule has 2 aliphatic carbocycles. The SMILES string of the molecule is C[C@H](NS(=O)(=O)/C=C/C(N)=C1\CCCCC(Cc2cccc(F)c2)C1=NC1CCCCC1)c1ccccc1. The van der Waals surface area contributed by atoms with Gasteiger partial charge in [-0.1, -0.05) is 68.1 Å². The molecule has 0 heterocycles. The van der Waals surface area contributed by atoms with Crippen LogP contribution in [-0.4, -0.2) is 20.2 Å². The van der Waals surface area contributed by atoms with Gasteiger partial charge in [-0.3, -0.25) is 4.99 Å². The van der Waals surface area contributed by atoms with Crippen LogP contribution in [0.3, 0.4) is 0 Å². The number of aliphatic imine (C=N–C) groups is 1. The largest absolute Gasteiger partial charge is 0.398 e.